The topological polar surface area (TPSA) is 88.4 Å². The van der Waals surface area contributed by atoms with Crippen LogP contribution in [-0.4, -0.2) is 31.4 Å². The number of rotatable bonds is 10. The van der Waals surface area contributed by atoms with Gasteiger partial charge in [0.25, 0.3) is 5.56 Å². The highest BCUT2D eigenvalue weighted by atomic mass is 79.9. The first-order chi connectivity index (χ1) is 23.3. The van der Waals surface area contributed by atoms with Gasteiger partial charge in [0.2, 0.25) is 0 Å². The van der Waals surface area contributed by atoms with E-state index in [4.69, 9.17) is 23.9 Å². The minimum absolute atomic E-state index is 0.170. The Kier molecular flexibility index (Phi) is 10.3. The maximum absolute atomic E-state index is 14.3. The second-order valence-electron chi connectivity index (χ2n) is 10.7. The zero-order valence-corrected chi connectivity index (χ0v) is 30.2. The predicted molar refractivity (Wildman–Crippen MR) is 193 cm³/mol. The molecule has 0 bridgehead atoms. The Bertz CT molecular complexity index is 2180. The number of ether oxygens (including phenoxy) is 4. The summed E-state index contributed by atoms with van der Waals surface area (Å²) in [5, 5.41) is 0. The molecule has 5 aromatic rings. The summed E-state index contributed by atoms with van der Waals surface area (Å²) in [4.78, 5) is 33.4. The fourth-order valence-electron chi connectivity index (χ4n) is 5.39. The van der Waals surface area contributed by atoms with Crippen molar-refractivity contribution in [2.24, 2.45) is 4.99 Å². The molecule has 0 amide bonds. The van der Waals surface area contributed by atoms with E-state index in [1.54, 1.807) is 43.9 Å². The van der Waals surface area contributed by atoms with Crippen molar-refractivity contribution in [1.29, 1.82) is 0 Å². The van der Waals surface area contributed by atoms with E-state index in [1.165, 1.54) is 11.3 Å². The third-order valence-corrected chi connectivity index (χ3v) is 9.75. The predicted octanol–water partition coefficient (Wildman–Crippen LogP) is 7.06. The summed E-state index contributed by atoms with van der Waals surface area (Å²) in [7, 11) is 3.16. The summed E-state index contributed by atoms with van der Waals surface area (Å²) < 4.78 is 26.4. The summed E-state index contributed by atoms with van der Waals surface area (Å²) in [6.45, 7) is 2.27. The lowest BCUT2D eigenvalue weighted by atomic mass is 9.93. The van der Waals surface area contributed by atoms with E-state index in [0.29, 0.717) is 54.5 Å². The van der Waals surface area contributed by atoms with Crippen molar-refractivity contribution in [3.05, 3.63) is 147 Å². The van der Waals surface area contributed by atoms with Crippen molar-refractivity contribution < 1.29 is 23.7 Å². The molecular weight excluding hydrogens is 760 g/mol. The minimum Gasteiger partial charge on any atom is -0.497 e. The Morgan fingerprint density at radius 3 is 2.35 bits per heavy atom. The van der Waals surface area contributed by atoms with Gasteiger partial charge in [-0.05, 0) is 82.0 Å². The molecular formula is C37H30Br2N2O6S. The molecule has 244 valence electrons. The van der Waals surface area contributed by atoms with Crippen LogP contribution in [0, 0.1) is 0 Å². The summed E-state index contributed by atoms with van der Waals surface area (Å²) in [5.41, 5.74) is 3.62. The maximum Gasteiger partial charge on any atom is 0.338 e. The lowest BCUT2D eigenvalue weighted by molar-refractivity contribution is -0.138. The fraction of sp³-hybridized carbons (Fsp3) is 0.162. The van der Waals surface area contributed by atoms with Crippen LogP contribution < -0.4 is 29.1 Å². The van der Waals surface area contributed by atoms with E-state index in [9.17, 15) is 9.59 Å². The number of methoxy groups -OCH3 is 2. The molecule has 0 unspecified atom stereocenters. The quantitative estimate of drug-likeness (QED) is 0.141. The largest absolute Gasteiger partial charge is 0.497 e. The van der Waals surface area contributed by atoms with E-state index in [1.807, 2.05) is 78.9 Å². The summed E-state index contributed by atoms with van der Waals surface area (Å²) >= 11 is 8.34. The summed E-state index contributed by atoms with van der Waals surface area (Å²) in [6.07, 6.45) is 1.79. The Balaban J connectivity index is 1.49. The number of benzene rings is 4. The Morgan fingerprint density at radius 1 is 0.958 bits per heavy atom. The molecule has 0 saturated heterocycles. The molecule has 0 fully saturated rings. The Hall–Kier alpha value is -4.45. The number of esters is 1. The van der Waals surface area contributed by atoms with Gasteiger partial charge < -0.3 is 18.9 Å². The molecule has 1 aromatic heterocycles. The number of carbonyl (C=O) groups excluding carboxylic acids is 1. The van der Waals surface area contributed by atoms with Gasteiger partial charge in [0, 0.05) is 10.0 Å². The molecule has 0 spiro atoms. The molecule has 1 atom stereocenters. The van der Waals surface area contributed by atoms with Crippen LogP contribution in [-0.2, 0) is 16.1 Å². The molecule has 0 radical (unpaired) electrons. The van der Waals surface area contributed by atoms with Crippen molar-refractivity contribution in [2.45, 2.75) is 19.6 Å². The summed E-state index contributed by atoms with van der Waals surface area (Å²) in [6, 6.07) is 27.5. The number of carbonyl (C=O) groups is 1. The lowest BCUT2D eigenvalue weighted by Gasteiger charge is -2.26. The normalized spacial score (nSPS) is 14.3. The first-order valence-electron chi connectivity index (χ1n) is 15.0. The number of fused-ring (bicyclic) bond motifs is 1. The van der Waals surface area contributed by atoms with E-state index in [-0.39, 0.29) is 17.7 Å². The van der Waals surface area contributed by atoms with Gasteiger partial charge in [0.05, 0.1) is 47.1 Å². The van der Waals surface area contributed by atoms with Crippen LogP contribution in [0.1, 0.15) is 35.2 Å². The van der Waals surface area contributed by atoms with Crippen LogP contribution in [0.15, 0.2) is 115 Å². The van der Waals surface area contributed by atoms with Crippen LogP contribution in [0.2, 0.25) is 0 Å². The van der Waals surface area contributed by atoms with Crippen LogP contribution in [0.3, 0.4) is 0 Å². The Morgan fingerprint density at radius 2 is 1.69 bits per heavy atom. The van der Waals surface area contributed by atoms with Crippen molar-refractivity contribution in [1.82, 2.24) is 4.57 Å². The smallest absolute Gasteiger partial charge is 0.338 e. The van der Waals surface area contributed by atoms with Crippen LogP contribution in [0.4, 0.5) is 0 Å². The monoisotopic (exact) mass is 788 g/mol. The van der Waals surface area contributed by atoms with E-state index < -0.39 is 12.0 Å². The van der Waals surface area contributed by atoms with E-state index in [0.717, 1.165) is 15.6 Å². The number of thiazole rings is 1. The number of hydrogen-bond acceptors (Lipinski definition) is 8. The van der Waals surface area contributed by atoms with Gasteiger partial charge in [-0.15, -0.1) is 0 Å². The zero-order chi connectivity index (χ0) is 33.8. The first-order valence-corrected chi connectivity index (χ1v) is 17.4. The fourth-order valence-corrected chi connectivity index (χ4v) is 7.23. The Labute approximate surface area is 297 Å². The van der Waals surface area contributed by atoms with E-state index in [2.05, 4.69) is 31.9 Å². The molecule has 2 heterocycles. The van der Waals surface area contributed by atoms with Gasteiger partial charge in [-0.2, -0.15) is 0 Å². The molecule has 48 heavy (non-hydrogen) atoms. The number of nitrogens with zero attached hydrogens (tertiary/aromatic N) is 2. The zero-order valence-electron chi connectivity index (χ0n) is 26.2. The average molecular weight is 791 g/mol. The van der Waals surface area contributed by atoms with Crippen molar-refractivity contribution >= 4 is 60.9 Å². The highest BCUT2D eigenvalue weighted by molar-refractivity contribution is 9.10. The molecule has 0 N–H and O–H groups in total. The lowest BCUT2D eigenvalue weighted by Crippen LogP contribution is -2.40. The number of hydrogen-bond donors (Lipinski definition) is 0. The minimum atomic E-state index is -0.792. The van der Waals surface area contributed by atoms with E-state index >= 15 is 0 Å². The van der Waals surface area contributed by atoms with Crippen molar-refractivity contribution in [2.75, 3.05) is 20.8 Å². The van der Waals surface area contributed by atoms with Gasteiger partial charge in [0.15, 0.2) is 16.3 Å². The van der Waals surface area contributed by atoms with Crippen LogP contribution in [0.25, 0.3) is 11.8 Å². The van der Waals surface area contributed by atoms with Gasteiger partial charge in [0.1, 0.15) is 12.4 Å². The van der Waals surface area contributed by atoms with Crippen LogP contribution >= 0.6 is 43.2 Å². The van der Waals surface area contributed by atoms with Gasteiger partial charge in [-0.3, -0.25) is 9.36 Å². The molecule has 11 heteroatoms. The average Bonchev–Trinajstić information content (AvgIpc) is 3.41. The maximum atomic E-state index is 14.3. The van der Waals surface area contributed by atoms with Crippen molar-refractivity contribution in [3.63, 3.8) is 0 Å². The molecule has 0 saturated carbocycles. The van der Waals surface area contributed by atoms with Crippen molar-refractivity contribution in [3.8, 4) is 17.2 Å². The molecule has 6 rings (SSSR count). The molecule has 4 aromatic carbocycles. The molecule has 0 aliphatic carbocycles. The SMILES string of the molecule is CCOC(=O)C1=C(c2ccccc2)N=c2s/c(=C\c3cc(Br)c(OCc4ccc(Br)cc4)c(OC)c3)c(=O)n2[C@@H]1c1ccc(OC)cc1. The van der Waals surface area contributed by atoms with Gasteiger partial charge >= 0.3 is 5.97 Å². The molecule has 1 aliphatic heterocycles. The molecule has 1 aliphatic rings. The van der Waals surface area contributed by atoms with Crippen LogP contribution in [0.5, 0.6) is 17.2 Å². The highest BCUT2D eigenvalue weighted by Gasteiger charge is 2.35. The third-order valence-electron chi connectivity index (χ3n) is 7.65. The highest BCUT2D eigenvalue weighted by Crippen LogP contribution is 2.38. The van der Waals surface area contributed by atoms with Gasteiger partial charge in [-0.25, -0.2) is 9.79 Å². The third kappa shape index (κ3) is 6.89. The first kappa shape index (κ1) is 33.5. The second kappa shape index (κ2) is 14.8. The summed E-state index contributed by atoms with van der Waals surface area (Å²) in [5.74, 6) is 1.17. The number of aromatic nitrogens is 1. The van der Waals surface area contributed by atoms with Gasteiger partial charge in [-0.1, -0.05) is 81.9 Å². The molecule has 8 nitrogen and oxygen atoms in total. The second-order valence-corrected chi connectivity index (χ2v) is 13.4. The number of halogens is 2. The standard InChI is InChI=1S/C37H30Br2N2O6S/c1-4-46-36(43)31-32(24-8-6-5-7-9-24)40-37-41(33(31)25-12-16-27(44-2)17-13-25)35(42)30(48-37)20-23-18-28(39)34(29(19-23)45-3)47-21-22-10-14-26(38)15-11-22/h5-20,33H,4,21H2,1-3H3/b30-20-/t33-/m1/s1.